The second kappa shape index (κ2) is 13.9. The minimum atomic E-state index is -3.53. The van der Waals surface area contributed by atoms with Gasteiger partial charge in [0.1, 0.15) is 0 Å². The summed E-state index contributed by atoms with van der Waals surface area (Å²) >= 11 is 0. The van der Waals surface area contributed by atoms with Crippen LogP contribution in [-0.4, -0.2) is 41.3 Å². The van der Waals surface area contributed by atoms with Gasteiger partial charge in [0.15, 0.2) is 0 Å². The van der Waals surface area contributed by atoms with Crippen molar-refractivity contribution in [3.63, 3.8) is 0 Å². The summed E-state index contributed by atoms with van der Waals surface area (Å²) in [6, 6.07) is 20.9. The van der Waals surface area contributed by atoms with Crippen LogP contribution in [-0.2, 0) is 20.0 Å². The molecule has 5 rings (SSSR count). The molecule has 42 heavy (non-hydrogen) atoms. The van der Waals surface area contributed by atoms with Crippen LogP contribution < -0.4 is 9.44 Å². The molecular formula is C32H38N4O4S2. The van der Waals surface area contributed by atoms with Gasteiger partial charge in [-0.25, -0.2) is 26.3 Å². The van der Waals surface area contributed by atoms with Gasteiger partial charge < -0.3 is 0 Å². The highest BCUT2D eigenvalue weighted by molar-refractivity contribution is 7.89. The van der Waals surface area contributed by atoms with Crippen LogP contribution in [0.5, 0.6) is 0 Å². The number of hydrogen-bond acceptors (Lipinski definition) is 6. The lowest BCUT2D eigenvalue weighted by molar-refractivity contribution is 0.412. The molecule has 0 radical (unpaired) electrons. The van der Waals surface area contributed by atoms with Crippen molar-refractivity contribution in [1.82, 2.24) is 9.44 Å². The molecule has 0 aliphatic heterocycles. The molecule has 0 saturated heterocycles. The first-order chi connectivity index (χ1) is 20.3. The maximum Gasteiger partial charge on any atom is 0.240 e. The predicted octanol–water partition coefficient (Wildman–Crippen LogP) is 6.41. The van der Waals surface area contributed by atoms with Crippen molar-refractivity contribution in [2.24, 2.45) is 9.98 Å². The molecule has 0 unspecified atom stereocenters. The minimum Gasteiger partial charge on any atom is -0.256 e. The number of nitrogens with one attached hydrogen (secondary N) is 2. The van der Waals surface area contributed by atoms with E-state index < -0.39 is 20.0 Å². The molecule has 0 atom stereocenters. The molecule has 2 fully saturated rings. The molecule has 8 nitrogen and oxygen atoms in total. The SMILES string of the molecule is O=S(=O)(NC1CCCCC1)c1ccc(N=Cc2ccc(C=Nc3ccc(S(=O)(=O)NC4CCCCC4)cc3)cc2)cc1. The zero-order valence-electron chi connectivity index (χ0n) is 23.7. The average Bonchev–Trinajstić information content (AvgIpc) is 3.00. The topological polar surface area (TPSA) is 117 Å². The second-order valence-electron chi connectivity index (χ2n) is 11.1. The third-order valence-electron chi connectivity index (χ3n) is 7.81. The van der Waals surface area contributed by atoms with Gasteiger partial charge in [0.25, 0.3) is 0 Å². The molecule has 3 aromatic rings. The lowest BCUT2D eigenvalue weighted by Crippen LogP contribution is -2.36. The predicted molar refractivity (Wildman–Crippen MR) is 168 cm³/mol. The molecule has 0 spiro atoms. The molecule has 10 heteroatoms. The Morgan fingerprint density at radius 2 is 0.833 bits per heavy atom. The maximum absolute atomic E-state index is 12.7. The van der Waals surface area contributed by atoms with Crippen LogP contribution in [0, 0.1) is 0 Å². The molecule has 3 aromatic carbocycles. The third-order valence-corrected chi connectivity index (χ3v) is 10.9. The van der Waals surface area contributed by atoms with Crippen LogP contribution in [0.2, 0.25) is 0 Å². The fourth-order valence-electron chi connectivity index (χ4n) is 5.40. The highest BCUT2D eigenvalue weighted by Crippen LogP contribution is 2.23. The van der Waals surface area contributed by atoms with E-state index >= 15 is 0 Å². The fourth-order valence-corrected chi connectivity index (χ4v) is 8.01. The zero-order chi connectivity index (χ0) is 29.4. The number of hydrogen-bond donors (Lipinski definition) is 2. The van der Waals surface area contributed by atoms with Crippen LogP contribution in [0.4, 0.5) is 11.4 Å². The van der Waals surface area contributed by atoms with E-state index in [1.807, 2.05) is 24.3 Å². The lowest BCUT2D eigenvalue weighted by atomic mass is 9.96. The highest BCUT2D eigenvalue weighted by Gasteiger charge is 2.22. The number of aliphatic imine (C=N–C) groups is 2. The monoisotopic (exact) mass is 606 g/mol. The van der Waals surface area contributed by atoms with Crippen molar-refractivity contribution in [3.8, 4) is 0 Å². The Labute approximate surface area is 249 Å². The van der Waals surface area contributed by atoms with E-state index in [1.165, 1.54) is 12.8 Å². The van der Waals surface area contributed by atoms with Crippen molar-refractivity contribution < 1.29 is 16.8 Å². The summed E-state index contributed by atoms with van der Waals surface area (Å²) in [7, 11) is -7.07. The van der Waals surface area contributed by atoms with E-state index in [0.717, 1.165) is 62.5 Å². The van der Waals surface area contributed by atoms with Crippen molar-refractivity contribution in [1.29, 1.82) is 0 Å². The van der Waals surface area contributed by atoms with E-state index in [1.54, 1.807) is 61.0 Å². The molecule has 0 amide bonds. The molecule has 0 heterocycles. The molecular weight excluding hydrogens is 569 g/mol. The van der Waals surface area contributed by atoms with E-state index in [-0.39, 0.29) is 21.9 Å². The standard InChI is InChI=1S/C32H38N4O4S2/c37-41(38,35-29-7-3-1-4-8-29)31-19-15-27(16-20-31)33-23-25-11-13-26(14-12-25)24-34-28-17-21-32(22-18-28)42(39,40)36-30-9-5-2-6-10-30/h11-24,29-30,35-36H,1-10H2. The Morgan fingerprint density at radius 3 is 1.17 bits per heavy atom. The molecule has 2 saturated carbocycles. The number of sulfonamides is 2. The van der Waals surface area contributed by atoms with Gasteiger partial charge in [-0.05, 0) is 85.3 Å². The van der Waals surface area contributed by atoms with Crippen molar-refractivity contribution in [2.45, 2.75) is 86.1 Å². The maximum atomic E-state index is 12.7. The summed E-state index contributed by atoms with van der Waals surface area (Å²) in [5, 5.41) is 0. The smallest absolute Gasteiger partial charge is 0.240 e. The first-order valence-electron chi connectivity index (χ1n) is 14.7. The first kappa shape index (κ1) is 30.3. The van der Waals surface area contributed by atoms with Crippen LogP contribution in [0.3, 0.4) is 0 Å². The average molecular weight is 607 g/mol. The Bertz CT molecular complexity index is 1470. The summed E-state index contributed by atoms with van der Waals surface area (Å²) in [6.07, 6.45) is 13.6. The van der Waals surface area contributed by atoms with Gasteiger partial charge in [-0.2, -0.15) is 0 Å². The molecule has 0 bridgehead atoms. The molecule has 2 aliphatic rings. The van der Waals surface area contributed by atoms with Gasteiger partial charge in [-0.15, -0.1) is 0 Å². The summed E-state index contributed by atoms with van der Waals surface area (Å²) in [6.45, 7) is 0. The van der Waals surface area contributed by atoms with E-state index in [9.17, 15) is 16.8 Å². The fraction of sp³-hybridized carbons (Fsp3) is 0.375. The minimum absolute atomic E-state index is 0.0204. The highest BCUT2D eigenvalue weighted by atomic mass is 32.2. The van der Waals surface area contributed by atoms with Crippen molar-refractivity contribution in [2.75, 3.05) is 0 Å². The van der Waals surface area contributed by atoms with Crippen LogP contribution >= 0.6 is 0 Å². The number of nitrogens with zero attached hydrogens (tertiary/aromatic N) is 2. The van der Waals surface area contributed by atoms with E-state index in [0.29, 0.717) is 11.4 Å². The summed E-state index contributed by atoms with van der Waals surface area (Å²) in [4.78, 5) is 9.46. The molecule has 0 aromatic heterocycles. The van der Waals surface area contributed by atoms with Crippen molar-refractivity contribution in [3.05, 3.63) is 83.9 Å². The van der Waals surface area contributed by atoms with Gasteiger partial charge in [0.2, 0.25) is 20.0 Å². The number of rotatable bonds is 10. The van der Waals surface area contributed by atoms with Gasteiger partial charge in [-0.1, -0.05) is 62.8 Å². The quantitative estimate of drug-likeness (QED) is 0.259. The molecule has 2 N–H and O–H groups in total. The molecule has 222 valence electrons. The van der Waals surface area contributed by atoms with Crippen LogP contribution in [0.25, 0.3) is 0 Å². The van der Waals surface area contributed by atoms with Crippen molar-refractivity contribution >= 4 is 43.9 Å². The summed E-state index contributed by atoms with van der Waals surface area (Å²) in [5.41, 5.74) is 3.11. The van der Waals surface area contributed by atoms with Crippen LogP contribution in [0.1, 0.15) is 75.3 Å². The second-order valence-corrected chi connectivity index (χ2v) is 14.5. The summed E-state index contributed by atoms with van der Waals surface area (Å²) in [5.74, 6) is 0. The zero-order valence-corrected chi connectivity index (χ0v) is 25.3. The normalized spacial score (nSPS) is 17.7. The summed E-state index contributed by atoms with van der Waals surface area (Å²) < 4.78 is 56.5. The van der Waals surface area contributed by atoms with Gasteiger partial charge >= 0.3 is 0 Å². The van der Waals surface area contributed by atoms with E-state index in [4.69, 9.17) is 0 Å². The van der Waals surface area contributed by atoms with Gasteiger partial charge in [-0.3, -0.25) is 9.98 Å². The first-order valence-corrected chi connectivity index (χ1v) is 17.7. The van der Waals surface area contributed by atoms with Gasteiger partial charge in [0.05, 0.1) is 21.2 Å². The van der Waals surface area contributed by atoms with E-state index in [2.05, 4.69) is 19.4 Å². The lowest BCUT2D eigenvalue weighted by Gasteiger charge is -2.22. The largest absolute Gasteiger partial charge is 0.256 e. The van der Waals surface area contributed by atoms with Crippen LogP contribution in [0.15, 0.2) is 92.6 Å². The third kappa shape index (κ3) is 8.44. The van der Waals surface area contributed by atoms with Gasteiger partial charge in [0, 0.05) is 24.5 Å². The Morgan fingerprint density at radius 1 is 0.500 bits per heavy atom. The number of benzene rings is 3. The Hall–Kier alpha value is -3.18. The Balaban J connectivity index is 1.14. The molecule has 2 aliphatic carbocycles. The Kier molecular flexibility index (Phi) is 9.99.